The number of imidazole rings is 1. The highest BCUT2D eigenvalue weighted by molar-refractivity contribution is 6.31. The van der Waals surface area contributed by atoms with Crippen LogP contribution in [0.25, 0.3) is 22.4 Å². The number of benzene rings is 2. The number of hydrogen-bond acceptors (Lipinski definition) is 2. The van der Waals surface area contributed by atoms with Gasteiger partial charge >= 0.3 is 0 Å². The summed E-state index contributed by atoms with van der Waals surface area (Å²) < 4.78 is 1.95. The summed E-state index contributed by atoms with van der Waals surface area (Å²) in [5.74, 6) is 0.972. The van der Waals surface area contributed by atoms with Crippen molar-refractivity contribution in [2.45, 2.75) is 6.92 Å². The van der Waals surface area contributed by atoms with Crippen LogP contribution in [-0.2, 0) is 7.05 Å². The van der Waals surface area contributed by atoms with E-state index in [1.54, 1.807) is 6.07 Å². The third kappa shape index (κ3) is 1.96. The highest BCUT2D eigenvalue weighted by Gasteiger charge is 2.13. The first-order valence-corrected chi connectivity index (χ1v) is 6.36. The second-order valence-electron chi connectivity index (χ2n) is 4.65. The van der Waals surface area contributed by atoms with E-state index >= 15 is 0 Å². The second kappa shape index (κ2) is 4.28. The molecule has 1 N–H and O–H groups in total. The summed E-state index contributed by atoms with van der Waals surface area (Å²) >= 11 is 5.98. The van der Waals surface area contributed by atoms with E-state index in [9.17, 15) is 5.11 Å². The molecule has 0 saturated heterocycles. The van der Waals surface area contributed by atoms with Gasteiger partial charge in [-0.3, -0.25) is 0 Å². The van der Waals surface area contributed by atoms with Crippen LogP contribution in [0.1, 0.15) is 5.56 Å². The molecule has 0 aliphatic carbocycles. The molecule has 2 aromatic carbocycles. The van der Waals surface area contributed by atoms with Gasteiger partial charge in [-0.05, 0) is 42.8 Å². The normalized spacial score (nSPS) is 11.1. The minimum atomic E-state index is 0.240. The van der Waals surface area contributed by atoms with E-state index in [1.165, 1.54) is 0 Å². The van der Waals surface area contributed by atoms with Gasteiger partial charge in [0.15, 0.2) is 0 Å². The summed E-state index contributed by atoms with van der Waals surface area (Å²) in [5, 5.41) is 10.7. The summed E-state index contributed by atoms with van der Waals surface area (Å²) in [5.41, 5.74) is 3.55. The lowest BCUT2D eigenvalue weighted by Gasteiger charge is -2.05. The number of hydrogen-bond donors (Lipinski definition) is 1. The molecule has 3 nitrogen and oxygen atoms in total. The van der Waals surface area contributed by atoms with E-state index in [2.05, 4.69) is 4.98 Å². The quantitative estimate of drug-likeness (QED) is 0.729. The average Bonchev–Trinajstić information content (AvgIpc) is 2.66. The molecule has 1 heterocycles. The minimum Gasteiger partial charge on any atom is -0.507 e. The van der Waals surface area contributed by atoms with Crippen LogP contribution in [0.5, 0.6) is 5.75 Å². The first-order valence-electron chi connectivity index (χ1n) is 5.98. The molecule has 4 heteroatoms. The Hall–Kier alpha value is -2.00. The number of halogens is 1. The molecule has 0 saturated carbocycles. The molecule has 0 aliphatic rings. The van der Waals surface area contributed by atoms with E-state index < -0.39 is 0 Å². The van der Waals surface area contributed by atoms with Gasteiger partial charge in [0.25, 0.3) is 0 Å². The summed E-state index contributed by atoms with van der Waals surface area (Å²) in [4.78, 5) is 4.55. The molecular formula is C15H13ClN2O. The molecule has 0 unspecified atom stereocenters. The largest absolute Gasteiger partial charge is 0.507 e. The van der Waals surface area contributed by atoms with Crippen LogP contribution in [-0.4, -0.2) is 14.7 Å². The van der Waals surface area contributed by atoms with Crippen molar-refractivity contribution in [3.63, 3.8) is 0 Å². The number of nitrogens with zero attached hydrogens (tertiary/aromatic N) is 2. The molecule has 96 valence electrons. The third-order valence-electron chi connectivity index (χ3n) is 3.24. The monoisotopic (exact) mass is 272 g/mol. The molecule has 0 amide bonds. The smallest absolute Gasteiger partial charge is 0.144 e. The predicted molar refractivity (Wildman–Crippen MR) is 77.6 cm³/mol. The van der Waals surface area contributed by atoms with Crippen molar-refractivity contribution in [2.75, 3.05) is 0 Å². The highest BCUT2D eigenvalue weighted by Crippen LogP contribution is 2.31. The van der Waals surface area contributed by atoms with E-state index in [-0.39, 0.29) is 5.75 Å². The number of aryl methyl sites for hydroxylation is 2. The molecule has 3 aromatic rings. The van der Waals surface area contributed by atoms with Gasteiger partial charge in [0.2, 0.25) is 0 Å². The zero-order valence-electron chi connectivity index (χ0n) is 10.7. The summed E-state index contributed by atoms with van der Waals surface area (Å²) in [6, 6.07) is 11.2. The van der Waals surface area contributed by atoms with E-state index in [4.69, 9.17) is 11.6 Å². The Kier molecular flexibility index (Phi) is 2.72. The third-order valence-corrected chi connectivity index (χ3v) is 3.47. The number of aromatic hydroxyl groups is 1. The molecule has 0 fully saturated rings. The van der Waals surface area contributed by atoms with Crippen LogP contribution < -0.4 is 0 Å². The maximum atomic E-state index is 10.1. The number of rotatable bonds is 1. The van der Waals surface area contributed by atoms with Crippen LogP contribution in [0, 0.1) is 6.92 Å². The number of fused-ring (bicyclic) bond motifs is 1. The van der Waals surface area contributed by atoms with Crippen molar-refractivity contribution < 1.29 is 5.11 Å². The SMILES string of the molecule is Cc1ccc(-c2nc3cc(Cl)ccc3n2C)c(O)c1. The minimum absolute atomic E-state index is 0.240. The van der Waals surface area contributed by atoms with Gasteiger partial charge in [-0.2, -0.15) is 0 Å². The van der Waals surface area contributed by atoms with Crippen molar-refractivity contribution in [2.24, 2.45) is 7.05 Å². The molecule has 0 aliphatic heterocycles. The summed E-state index contributed by atoms with van der Waals surface area (Å²) in [6.45, 7) is 1.94. The van der Waals surface area contributed by atoms with E-state index in [1.807, 2.05) is 48.9 Å². The van der Waals surface area contributed by atoms with Crippen LogP contribution in [0.3, 0.4) is 0 Å². The lowest BCUT2D eigenvalue weighted by Crippen LogP contribution is -1.93. The van der Waals surface area contributed by atoms with Crippen LogP contribution in [0.15, 0.2) is 36.4 Å². The zero-order valence-corrected chi connectivity index (χ0v) is 11.4. The Bertz CT molecular complexity index is 777. The van der Waals surface area contributed by atoms with Crippen molar-refractivity contribution in [1.82, 2.24) is 9.55 Å². The van der Waals surface area contributed by atoms with Gasteiger partial charge in [-0.15, -0.1) is 0 Å². The number of phenolic OH excluding ortho intramolecular Hbond substituents is 1. The molecule has 0 radical (unpaired) electrons. The molecule has 0 spiro atoms. The van der Waals surface area contributed by atoms with Gasteiger partial charge in [-0.25, -0.2) is 4.98 Å². The fourth-order valence-electron chi connectivity index (χ4n) is 2.24. The first-order chi connectivity index (χ1) is 9.06. The zero-order chi connectivity index (χ0) is 13.6. The lowest BCUT2D eigenvalue weighted by molar-refractivity contribution is 0.476. The Balaban J connectivity index is 2.27. The molecule has 0 bridgehead atoms. The van der Waals surface area contributed by atoms with Gasteiger partial charge in [-0.1, -0.05) is 17.7 Å². The maximum Gasteiger partial charge on any atom is 0.144 e. The Morgan fingerprint density at radius 1 is 1.16 bits per heavy atom. The molecule has 0 atom stereocenters. The molecule has 19 heavy (non-hydrogen) atoms. The van der Waals surface area contributed by atoms with Gasteiger partial charge in [0.1, 0.15) is 11.6 Å². The van der Waals surface area contributed by atoms with E-state index in [0.717, 1.165) is 28.0 Å². The average molecular weight is 273 g/mol. The molecule has 3 rings (SSSR count). The van der Waals surface area contributed by atoms with Crippen molar-refractivity contribution in [3.8, 4) is 17.1 Å². The summed E-state index contributed by atoms with van der Waals surface area (Å²) in [6.07, 6.45) is 0. The fourth-order valence-corrected chi connectivity index (χ4v) is 2.41. The molecular weight excluding hydrogens is 260 g/mol. The first kappa shape index (κ1) is 12.1. The predicted octanol–water partition coefficient (Wildman–Crippen LogP) is 3.91. The molecule has 1 aromatic heterocycles. The van der Waals surface area contributed by atoms with Gasteiger partial charge in [0.05, 0.1) is 16.6 Å². The highest BCUT2D eigenvalue weighted by atomic mass is 35.5. The Labute approximate surface area is 116 Å². The van der Waals surface area contributed by atoms with Gasteiger partial charge in [0, 0.05) is 12.1 Å². The maximum absolute atomic E-state index is 10.1. The lowest BCUT2D eigenvalue weighted by atomic mass is 10.1. The van der Waals surface area contributed by atoms with Crippen molar-refractivity contribution in [3.05, 3.63) is 47.0 Å². The topological polar surface area (TPSA) is 38.0 Å². The van der Waals surface area contributed by atoms with E-state index in [0.29, 0.717) is 5.02 Å². The Morgan fingerprint density at radius 3 is 2.68 bits per heavy atom. The van der Waals surface area contributed by atoms with Gasteiger partial charge < -0.3 is 9.67 Å². The van der Waals surface area contributed by atoms with Crippen molar-refractivity contribution >= 4 is 22.6 Å². The van der Waals surface area contributed by atoms with Crippen molar-refractivity contribution in [1.29, 1.82) is 0 Å². The number of aromatic nitrogens is 2. The Morgan fingerprint density at radius 2 is 1.95 bits per heavy atom. The fraction of sp³-hybridized carbons (Fsp3) is 0.133. The standard InChI is InChI=1S/C15H13ClN2O/c1-9-3-5-11(14(19)7-9)15-17-12-8-10(16)4-6-13(12)18(15)2/h3-8,19H,1-2H3. The number of phenols is 1. The van der Waals surface area contributed by atoms with Crippen LogP contribution in [0.4, 0.5) is 0 Å². The van der Waals surface area contributed by atoms with Crippen LogP contribution in [0.2, 0.25) is 5.02 Å². The summed E-state index contributed by atoms with van der Waals surface area (Å²) in [7, 11) is 1.93. The second-order valence-corrected chi connectivity index (χ2v) is 5.08. The van der Waals surface area contributed by atoms with Crippen LogP contribution >= 0.6 is 11.6 Å².